The summed E-state index contributed by atoms with van der Waals surface area (Å²) >= 11 is 0. The van der Waals surface area contributed by atoms with Crippen LogP contribution in [0.15, 0.2) is 60.7 Å². The summed E-state index contributed by atoms with van der Waals surface area (Å²) in [6, 6.07) is 18.1. The lowest BCUT2D eigenvalue weighted by Crippen LogP contribution is -2.60. The van der Waals surface area contributed by atoms with Crippen LogP contribution < -0.4 is 9.80 Å². The molecule has 2 aromatic rings. The Hall–Kier alpha value is -2.95. The number of amides is 2. The number of anilines is 2. The Morgan fingerprint density at radius 1 is 0.840 bits per heavy atom. The van der Waals surface area contributed by atoms with Gasteiger partial charge in [0.05, 0.1) is 11.4 Å². The van der Waals surface area contributed by atoms with E-state index in [-0.39, 0.29) is 17.8 Å². The lowest BCUT2D eigenvalue weighted by atomic mass is 9.96. The predicted molar refractivity (Wildman–Crippen MR) is 98.6 cm³/mol. The molecule has 1 aliphatic heterocycles. The zero-order valence-electron chi connectivity index (χ0n) is 14.2. The molecule has 128 valence electrons. The Labute approximate surface area is 147 Å². The van der Waals surface area contributed by atoms with Gasteiger partial charge in [-0.3, -0.25) is 15.0 Å². The molecule has 3 rings (SSSR count). The lowest BCUT2D eigenvalue weighted by molar-refractivity contribution is -0.132. The Balaban J connectivity index is 2.05. The number of unbranched alkanes of at least 4 members (excludes halogenated alkanes) is 1. The first-order valence-electron chi connectivity index (χ1n) is 8.51. The van der Waals surface area contributed by atoms with Gasteiger partial charge in [0.15, 0.2) is 0 Å². The van der Waals surface area contributed by atoms with E-state index in [1.54, 1.807) is 24.3 Å². The van der Waals surface area contributed by atoms with Gasteiger partial charge in [-0.25, -0.2) is 9.80 Å². The third-order valence-electron chi connectivity index (χ3n) is 4.34. The van der Waals surface area contributed by atoms with Crippen LogP contribution in [0.4, 0.5) is 11.4 Å². The fraction of sp³-hybridized carbons (Fsp3) is 0.250. The first-order chi connectivity index (χ1) is 12.1. The summed E-state index contributed by atoms with van der Waals surface area (Å²) in [7, 11) is 0. The zero-order chi connectivity index (χ0) is 17.8. The molecular weight excluding hydrogens is 314 g/mol. The SMILES string of the molecule is CCCCC1C(=O)N(c2ccccc2)C(=N)N(c2ccccc2)C1=O. The van der Waals surface area contributed by atoms with E-state index < -0.39 is 5.92 Å². The maximum absolute atomic E-state index is 13.0. The number of hydrogen-bond donors (Lipinski definition) is 1. The molecule has 0 aliphatic carbocycles. The van der Waals surface area contributed by atoms with Gasteiger partial charge in [0, 0.05) is 0 Å². The number of guanidine groups is 1. The molecule has 0 spiro atoms. The fourth-order valence-corrected chi connectivity index (χ4v) is 3.03. The number of para-hydroxylation sites is 2. The van der Waals surface area contributed by atoms with E-state index in [1.165, 1.54) is 9.80 Å². The zero-order valence-corrected chi connectivity index (χ0v) is 14.2. The highest BCUT2D eigenvalue weighted by Gasteiger charge is 2.44. The summed E-state index contributed by atoms with van der Waals surface area (Å²) in [5, 5.41) is 8.52. The van der Waals surface area contributed by atoms with Crippen molar-refractivity contribution in [1.82, 2.24) is 0 Å². The van der Waals surface area contributed by atoms with E-state index >= 15 is 0 Å². The highest BCUT2D eigenvalue weighted by atomic mass is 16.2. The summed E-state index contributed by atoms with van der Waals surface area (Å²) in [6.45, 7) is 2.03. The molecule has 2 aromatic carbocycles. The van der Waals surface area contributed by atoms with Gasteiger partial charge in [-0.15, -0.1) is 0 Å². The molecule has 1 saturated heterocycles. The van der Waals surface area contributed by atoms with Gasteiger partial charge in [-0.1, -0.05) is 56.2 Å². The third kappa shape index (κ3) is 3.18. The van der Waals surface area contributed by atoms with E-state index in [0.29, 0.717) is 17.8 Å². The highest BCUT2D eigenvalue weighted by molar-refractivity contribution is 6.37. The molecule has 0 unspecified atom stereocenters. The second-order valence-corrected chi connectivity index (χ2v) is 6.04. The lowest BCUT2D eigenvalue weighted by Gasteiger charge is -2.39. The molecule has 1 heterocycles. The highest BCUT2D eigenvalue weighted by Crippen LogP contribution is 2.30. The molecule has 0 aromatic heterocycles. The second-order valence-electron chi connectivity index (χ2n) is 6.04. The van der Waals surface area contributed by atoms with Gasteiger partial charge in [0.2, 0.25) is 17.8 Å². The van der Waals surface area contributed by atoms with Crippen molar-refractivity contribution in [3.8, 4) is 0 Å². The van der Waals surface area contributed by atoms with Crippen LogP contribution in [0.2, 0.25) is 0 Å². The standard InChI is InChI=1S/C20H21N3O2/c1-2-3-14-17-18(24)22(15-10-6-4-7-11-15)20(21)23(19(17)25)16-12-8-5-9-13-16/h4-13,17,21H,2-3,14H2,1H3. The quantitative estimate of drug-likeness (QED) is 0.845. The molecule has 5 nitrogen and oxygen atoms in total. The summed E-state index contributed by atoms with van der Waals surface area (Å²) in [5.41, 5.74) is 1.21. The maximum atomic E-state index is 13.0. The van der Waals surface area contributed by atoms with Crippen molar-refractivity contribution < 1.29 is 9.59 Å². The maximum Gasteiger partial charge on any atom is 0.246 e. The number of benzene rings is 2. The summed E-state index contributed by atoms with van der Waals surface area (Å²) in [6.07, 6.45) is 2.19. The molecule has 0 radical (unpaired) electrons. The Kier molecular flexibility index (Phi) is 4.93. The number of carbonyl (C=O) groups is 2. The molecule has 0 saturated carbocycles. The average Bonchev–Trinajstić information content (AvgIpc) is 2.63. The van der Waals surface area contributed by atoms with Crippen molar-refractivity contribution in [1.29, 1.82) is 5.41 Å². The van der Waals surface area contributed by atoms with Crippen molar-refractivity contribution >= 4 is 29.1 Å². The number of hydrogen-bond acceptors (Lipinski definition) is 3. The smallest absolute Gasteiger partial charge is 0.246 e. The number of rotatable bonds is 5. The summed E-state index contributed by atoms with van der Waals surface area (Å²) in [4.78, 5) is 28.6. The minimum atomic E-state index is -0.755. The number of carbonyl (C=O) groups excluding carboxylic acids is 2. The molecule has 25 heavy (non-hydrogen) atoms. The first kappa shape index (κ1) is 16.9. The van der Waals surface area contributed by atoms with Crippen molar-refractivity contribution in [3.05, 3.63) is 60.7 Å². The molecule has 5 heteroatoms. The van der Waals surface area contributed by atoms with Crippen LogP contribution in [0, 0.1) is 11.3 Å². The molecular formula is C20H21N3O2. The normalized spacial score (nSPS) is 18.0. The summed E-state index contributed by atoms with van der Waals surface area (Å²) < 4.78 is 0. The third-order valence-corrected chi connectivity index (χ3v) is 4.34. The van der Waals surface area contributed by atoms with E-state index in [1.807, 2.05) is 43.3 Å². The van der Waals surface area contributed by atoms with Gasteiger partial charge in [0.25, 0.3) is 0 Å². The van der Waals surface area contributed by atoms with Gasteiger partial charge in [-0.2, -0.15) is 0 Å². The van der Waals surface area contributed by atoms with Crippen LogP contribution in [0.3, 0.4) is 0 Å². The Bertz CT molecular complexity index is 713. The molecule has 1 fully saturated rings. The first-order valence-corrected chi connectivity index (χ1v) is 8.51. The van der Waals surface area contributed by atoms with Crippen LogP contribution in [0.5, 0.6) is 0 Å². The second kappa shape index (κ2) is 7.30. The van der Waals surface area contributed by atoms with E-state index in [4.69, 9.17) is 5.41 Å². The Morgan fingerprint density at radius 3 is 1.68 bits per heavy atom. The number of nitrogens with zero attached hydrogens (tertiary/aromatic N) is 2. The predicted octanol–water partition coefficient (Wildman–Crippen LogP) is 3.81. The van der Waals surface area contributed by atoms with Gasteiger partial charge < -0.3 is 0 Å². The number of nitrogens with one attached hydrogen (secondary N) is 1. The average molecular weight is 335 g/mol. The van der Waals surface area contributed by atoms with Crippen LogP contribution in [0.25, 0.3) is 0 Å². The van der Waals surface area contributed by atoms with Crippen molar-refractivity contribution in [2.75, 3.05) is 9.80 Å². The monoisotopic (exact) mass is 335 g/mol. The minimum absolute atomic E-state index is 0.125. The van der Waals surface area contributed by atoms with Gasteiger partial charge >= 0.3 is 0 Å². The van der Waals surface area contributed by atoms with Gasteiger partial charge in [0.1, 0.15) is 5.92 Å². The molecule has 0 bridgehead atoms. The van der Waals surface area contributed by atoms with Crippen molar-refractivity contribution in [3.63, 3.8) is 0 Å². The van der Waals surface area contributed by atoms with Crippen LogP contribution >= 0.6 is 0 Å². The fourth-order valence-electron chi connectivity index (χ4n) is 3.03. The summed E-state index contributed by atoms with van der Waals surface area (Å²) in [5.74, 6) is -1.52. The van der Waals surface area contributed by atoms with Crippen LogP contribution in [-0.4, -0.2) is 17.8 Å². The van der Waals surface area contributed by atoms with Crippen LogP contribution in [0.1, 0.15) is 26.2 Å². The minimum Gasteiger partial charge on any atom is -0.273 e. The van der Waals surface area contributed by atoms with E-state index in [0.717, 1.165) is 12.8 Å². The van der Waals surface area contributed by atoms with Crippen molar-refractivity contribution in [2.24, 2.45) is 5.92 Å². The van der Waals surface area contributed by atoms with Gasteiger partial charge in [-0.05, 0) is 30.7 Å². The Morgan fingerprint density at radius 2 is 1.28 bits per heavy atom. The molecule has 0 atom stereocenters. The topological polar surface area (TPSA) is 64.5 Å². The largest absolute Gasteiger partial charge is 0.273 e. The van der Waals surface area contributed by atoms with Crippen LogP contribution in [-0.2, 0) is 9.59 Å². The molecule has 2 amide bonds. The van der Waals surface area contributed by atoms with E-state index in [9.17, 15) is 9.59 Å². The van der Waals surface area contributed by atoms with E-state index in [2.05, 4.69) is 0 Å². The van der Waals surface area contributed by atoms with Crippen molar-refractivity contribution in [2.45, 2.75) is 26.2 Å². The molecule has 1 aliphatic rings. The molecule has 1 N–H and O–H groups in total.